The SMILES string of the molecule is CCOc1cccc(C(F)(F)F)c1S(=O)(=O)OCP(=O)(OC)OC(C)C. The van der Waals surface area contributed by atoms with E-state index >= 15 is 0 Å². The smallest absolute Gasteiger partial charge is 0.417 e. The van der Waals surface area contributed by atoms with E-state index in [0.717, 1.165) is 19.2 Å². The van der Waals surface area contributed by atoms with Crippen LogP contribution in [0.1, 0.15) is 26.3 Å². The van der Waals surface area contributed by atoms with Gasteiger partial charge >= 0.3 is 23.9 Å². The van der Waals surface area contributed by atoms with E-state index in [1.807, 2.05) is 0 Å². The molecular weight excluding hydrogens is 400 g/mol. The van der Waals surface area contributed by atoms with Gasteiger partial charge in [-0.15, -0.1) is 0 Å². The van der Waals surface area contributed by atoms with Gasteiger partial charge in [0.2, 0.25) is 0 Å². The van der Waals surface area contributed by atoms with Crippen molar-refractivity contribution < 1.29 is 44.1 Å². The van der Waals surface area contributed by atoms with E-state index in [1.165, 1.54) is 20.8 Å². The van der Waals surface area contributed by atoms with Gasteiger partial charge in [0.15, 0.2) is 6.35 Å². The van der Waals surface area contributed by atoms with Gasteiger partial charge in [0.05, 0.1) is 18.3 Å². The maximum Gasteiger partial charge on any atom is 0.417 e. The van der Waals surface area contributed by atoms with Gasteiger partial charge in [0.1, 0.15) is 10.6 Å². The normalized spacial score (nSPS) is 15.1. The Bertz CT molecular complexity index is 762. The van der Waals surface area contributed by atoms with Gasteiger partial charge in [-0.2, -0.15) is 21.6 Å². The molecular formula is C14H20F3O7PS. The van der Waals surface area contributed by atoms with Gasteiger partial charge in [0, 0.05) is 7.11 Å². The average Bonchev–Trinajstić information content (AvgIpc) is 2.52. The molecule has 0 aromatic heterocycles. The molecule has 12 heteroatoms. The first-order valence-electron chi connectivity index (χ1n) is 7.42. The van der Waals surface area contributed by atoms with Crippen molar-refractivity contribution in [2.75, 3.05) is 20.1 Å². The molecule has 0 heterocycles. The monoisotopic (exact) mass is 420 g/mol. The third-order valence-corrected chi connectivity index (χ3v) is 6.12. The minimum absolute atomic E-state index is 0.0726. The molecule has 26 heavy (non-hydrogen) atoms. The Labute approximate surface area is 150 Å². The summed E-state index contributed by atoms with van der Waals surface area (Å²) in [6.07, 6.45) is -6.64. The van der Waals surface area contributed by atoms with Gasteiger partial charge < -0.3 is 13.8 Å². The Kier molecular flexibility index (Phi) is 7.67. The Balaban J connectivity index is 3.33. The molecule has 1 aromatic rings. The standard InChI is InChI=1S/C14H20F3O7PS/c1-5-22-12-8-6-7-11(14(15,16)17)13(12)26(19,20)23-9-25(18,21-4)24-10(2)3/h6-8,10H,5,9H2,1-4H3. The van der Waals surface area contributed by atoms with E-state index in [0.29, 0.717) is 6.07 Å². The highest BCUT2D eigenvalue weighted by Crippen LogP contribution is 2.49. The zero-order valence-corrected chi connectivity index (χ0v) is 16.3. The summed E-state index contributed by atoms with van der Waals surface area (Å²) >= 11 is 0. The van der Waals surface area contributed by atoms with E-state index in [9.17, 15) is 26.2 Å². The van der Waals surface area contributed by atoms with Crippen LogP contribution in [-0.2, 0) is 34.1 Å². The minimum Gasteiger partial charge on any atom is -0.492 e. The molecule has 1 aromatic carbocycles. The van der Waals surface area contributed by atoms with Gasteiger partial charge in [0.25, 0.3) is 0 Å². The van der Waals surface area contributed by atoms with Crippen LogP contribution in [0.25, 0.3) is 0 Å². The molecule has 0 aliphatic carbocycles. The summed E-state index contributed by atoms with van der Waals surface area (Å²) in [6, 6.07) is 2.66. The number of halogens is 3. The number of benzene rings is 1. The van der Waals surface area contributed by atoms with Gasteiger partial charge in [-0.3, -0.25) is 8.75 Å². The van der Waals surface area contributed by atoms with Crippen molar-refractivity contribution in [1.29, 1.82) is 0 Å². The van der Waals surface area contributed by atoms with Crippen LogP contribution in [0.15, 0.2) is 23.1 Å². The Morgan fingerprint density at radius 1 is 1.23 bits per heavy atom. The second-order valence-electron chi connectivity index (χ2n) is 5.21. The summed E-state index contributed by atoms with van der Waals surface area (Å²) in [5.74, 6) is -0.528. The maximum absolute atomic E-state index is 13.2. The van der Waals surface area contributed by atoms with Crippen molar-refractivity contribution >= 4 is 17.7 Å². The Morgan fingerprint density at radius 3 is 2.31 bits per heavy atom. The quantitative estimate of drug-likeness (QED) is 0.440. The van der Waals surface area contributed by atoms with Crippen molar-refractivity contribution in [1.82, 2.24) is 0 Å². The van der Waals surface area contributed by atoms with Gasteiger partial charge in [-0.1, -0.05) is 6.07 Å². The molecule has 0 N–H and O–H groups in total. The fourth-order valence-electron chi connectivity index (χ4n) is 1.91. The van der Waals surface area contributed by atoms with E-state index in [4.69, 9.17) is 9.26 Å². The molecule has 0 bridgehead atoms. The Hall–Kier alpha value is -1.13. The fraction of sp³-hybridized carbons (Fsp3) is 0.571. The second kappa shape index (κ2) is 8.71. The van der Waals surface area contributed by atoms with Crippen molar-refractivity contribution in [3.8, 4) is 5.75 Å². The largest absolute Gasteiger partial charge is 0.492 e. The van der Waals surface area contributed by atoms with Gasteiger partial charge in [-0.25, -0.2) is 0 Å². The fourth-order valence-corrected chi connectivity index (χ4v) is 4.82. The summed E-state index contributed by atoms with van der Waals surface area (Å²) in [7, 11) is -7.96. The van der Waals surface area contributed by atoms with Crippen LogP contribution in [0.4, 0.5) is 13.2 Å². The number of ether oxygens (including phenoxy) is 1. The first-order valence-corrected chi connectivity index (χ1v) is 10.6. The third-order valence-electron chi connectivity index (χ3n) is 2.85. The van der Waals surface area contributed by atoms with Crippen LogP contribution in [0.3, 0.4) is 0 Å². The minimum atomic E-state index is -4.98. The summed E-state index contributed by atoms with van der Waals surface area (Å²) in [5.41, 5.74) is -1.46. The molecule has 0 saturated heterocycles. The van der Waals surface area contributed by atoms with Crippen LogP contribution >= 0.6 is 7.60 Å². The van der Waals surface area contributed by atoms with E-state index in [-0.39, 0.29) is 6.61 Å². The summed E-state index contributed by atoms with van der Waals surface area (Å²) in [6.45, 7) is 4.45. The van der Waals surface area contributed by atoms with Crippen LogP contribution in [-0.4, -0.2) is 34.6 Å². The van der Waals surface area contributed by atoms with Crippen LogP contribution in [0.5, 0.6) is 5.75 Å². The predicted octanol–water partition coefficient (Wildman–Crippen LogP) is 4.03. The van der Waals surface area contributed by atoms with Crippen LogP contribution < -0.4 is 4.74 Å². The van der Waals surface area contributed by atoms with E-state index in [2.05, 4.69) is 8.71 Å². The first kappa shape index (κ1) is 22.9. The molecule has 0 aliphatic rings. The van der Waals surface area contributed by atoms with E-state index < -0.39 is 52.6 Å². The molecule has 0 aliphatic heterocycles. The molecule has 1 unspecified atom stereocenters. The molecule has 0 saturated carbocycles. The summed E-state index contributed by atoms with van der Waals surface area (Å²) in [4.78, 5) is -1.19. The lowest BCUT2D eigenvalue weighted by Crippen LogP contribution is -2.18. The summed E-state index contributed by atoms with van der Waals surface area (Å²) in [5, 5.41) is 0. The Morgan fingerprint density at radius 2 is 1.85 bits per heavy atom. The topological polar surface area (TPSA) is 88.1 Å². The molecule has 7 nitrogen and oxygen atoms in total. The zero-order valence-electron chi connectivity index (χ0n) is 14.6. The van der Waals surface area contributed by atoms with Crippen LogP contribution in [0.2, 0.25) is 0 Å². The number of rotatable bonds is 9. The third kappa shape index (κ3) is 5.95. The highest BCUT2D eigenvalue weighted by atomic mass is 32.2. The lowest BCUT2D eigenvalue weighted by molar-refractivity contribution is -0.140. The molecule has 1 atom stereocenters. The molecule has 150 valence electrons. The van der Waals surface area contributed by atoms with Crippen molar-refractivity contribution in [2.24, 2.45) is 0 Å². The molecule has 1 rings (SSSR count). The molecule has 0 amide bonds. The van der Waals surface area contributed by atoms with Crippen LogP contribution in [0, 0.1) is 0 Å². The predicted molar refractivity (Wildman–Crippen MR) is 86.6 cm³/mol. The van der Waals surface area contributed by atoms with Crippen molar-refractivity contribution in [2.45, 2.75) is 37.9 Å². The molecule has 0 fully saturated rings. The zero-order chi connectivity index (χ0) is 20.2. The van der Waals surface area contributed by atoms with Gasteiger partial charge in [-0.05, 0) is 32.9 Å². The summed E-state index contributed by atoms with van der Waals surface area (Å²) < 4.78 is 96.0. The van der Waals surface area contributed by atoms with Crippen molar-refractivity contribution in [3.63, 3.8) is 0 Å². The van der Waals surface area contributed by atoms with Crippen molar-refractivity contribution in [3.05, 3.63) is 23.8 Å². The lowest BCUT2D eigenvalue weighted by Gasteiger charge is -2.20. The average molecular weight is 420 g/mol. The number of hydrogen-bond donors (Lipinski definition) is 0. The first-order chi connectivity index (χ1) is 11.9. The highest BCUT2D eigenvalue weighted by molar-refractivity contribution is 7.87. The van der Waals surface area contributed by atoms with E-state index in [1.54, 1.807) is 0 Å². The molecule has 0 radical (unpaired) electrons. The highest BCUT2D eigenvalue weighted by Gasteiger charge is 2.41. The lowest BCUT2D eigenvalue weighted by atomic mass is 10.2. The molecule has 0 spiro atoms. The maximum atomic E-state index is 13.2. The number of alkyl halides is 3. The number of hydrogen-bond acceptors (Lipinski definition) is 7. The second-order valence-corrected chi connectivity index (χ2v) is 8.82.